The number of anilines is 1. The molecule has 3 aromatic rings. The van der Waals surface area contributed by atoms with Crippen LogP contribution in [-0.2, 0) is 0 Å². The highest BCUT2D eigenvalue weighted by Gasteiger charge is 2.28. The fourth-order valence-corrected chi connectivity index (χ4v) is 3.67. The smallest absolute Gasteiger partial charge is 0.257 e. The molecule has 1 amide bonds. The molecular formula is C19H18F2N4O. The van der Waals surface area contributed by atoms with Crippen LogP contribution < -0.4 is 5.73 Å². The summed E-state index contributed by atoms with van der Waals surface area (Å²) < 4.78 is 28.1. The van der Waals surface area contributed by atoms with Gasteiger partial charge in [-0.3, -0.25) is 4.79 Å². The lowest BCUT2D eigenvalue weighted by atomic mass is 9.89. The summed E-state index contributed by atoms with van der Waals surface area (Å²) >= 11 is 0. The molecule has 1 fully saturated rings. The Labute approximate surface area is 148 Å². The molecule has 7 heteroatoms. The molecule has 0 saturated carbocycles. The topological polar surface area (TPSA) is 75.0 Å². The Morgan fingerprint density at radius 2 is 2.00 bits per heavy atom. The average Bonchev–Trinajstić information content (AvgIpc) is 3.09. The lowest BCUT2D eigenvalue weighted by Gasteiger charge is -2.32. The van der Waals surface area contributed by atoms with Crippen molar-refractivity contribution in [3.8, 4) is 0 Å². The molecule has 1 saturated heterocycles. The number of pyridine rings is 1. The number of benzene rings is 1. The maximum Gasteiger partial charge on any atom is 0.257 e. The molecule has 0 spiro atoms. The summed E-state index contributed by atoms with van der Waals surface area (Å²) in [5.74, 6) is -1.05. The first kappa shape index (κ1) is 16.5. The number of piperidine rings is 1. The Kier molecular flexibility index (Phi) is 4.06. The first-order valence-corrected chi connectivity index (χ1v) is 8.50. The van der Waals surface area contributed by atoms with Crippen LogP contribution in [0.15, 0.2) is 36.7 Å². The molecule has 0 aliphatic carbocycles. The van der Waals surface area contributed by atoms with Gasteiger partial charge in [-0.25, -0.2) is 13.8 Å². The van der Waals surface area contributed by atoms with E-state index in [1.54, 1.807) is 11.0 Å². The summed E-state index contributed by atoms with van der Waals surface area (Å²) in [6, 6.07) is 6.24. The molecule has 4 rings (SSSR count). The molecule has 26 heavy (non-hydrogen) atoms. The van der Waals surface area contributed by atoms with E-state index in [9.17, 15) is 13.6 Å². The van der Waals surface area contributed by atoms with Crippen molar-refractivity contribution in [1.82, 2.24) is 14.9 Å². The largest absolute Gasteiger partial charge is 0.384 e. The number of nitrogens with zero attached hydrogens (tertiary/aromatic N) is 2. The van der Waals surface area contributed by atoms with Crippen LogP contribution in [0.5, 0.6) is 0 Å². The lowest BCUT2D eigenvalue weighted by molar-refractivity contribution is 0.0708. The highest BCUT2D eigenvalue weighted by Crippen LogP contribution is 2.34. The number of aromatic amines is 1. The molecule has 1 aliphatic rings. The van der Waals surface area contributed by atoms with Crippen molar-refractivity contribution < 1.29 is 13.6 Å². The monoisotopic (exact) mass is 356 g/mol. The van der Waals surface area contributed by atoms with Crippen LogP contribution in [0.1, 0.15) is 34.7 Å². The first-order chi connectivity index (χ1) is 12.5. The van der Waals surface area contributed by atoms with Crippen LogP contribution in [0.2, 0.25) is 0 Å². The third kappa shape index (κ3) is 2.79. The summed E-state index contributed by atoms with van der Waals surface area (Å²) in [6.07, 6.45) is 4.19. The molecule has 3 heterocycles. The second kappa shape index (κ2) is 6.40. The molecule has 1 aliphatic heterocycles. The van der Waals surface area contributed by atoms with Gasteiger partial charge in [0.25, 0.3) is 5.91 Å². The Balaban J connectivity index is 1.52. The predicted molar refractivity (Wildman–Crippen MR) is 94.7 cm³/mol. The van der Waals surface area contributed by atoms with E-state index in [-0.39, 0.29) is 29.0 Å². The fourth-order valence-electron chi connectivity index (χ4n) is 3.67. The first-order valence-electron chi connectivity index (χ1n) is 8.50. The van der Waals surface area contributed by atoms with Gasteiger partial charge in [0, 0.05) is 30.2 Å². The van der Waals surface area contributed by atoms with Gasteiger partial charge >= 0.3 is 0 Å². The number of rotatable bonds is 2. The SMILES string of the molecule is Nc1cc(C(=O)N2CCC(c3c[nH]c4cccc(F)c34)CC2)c(F)cn1. The van der Waals surface area contributed by atoms with Crippen molar-refractivity contribution >= 4 is 22.6 Å². The van der Waals surface area contributed by atoms with E-state index >= 15 is 0 Å². The predicted octanol–water partition coefficient (Wildman–Crippen LogP) is 3.44. The molecule has 1 aromatic carbocycles. The summed E-state index contributed by atoms with van der Waals surface area (Å²) in [4.78, 5) is 20.9. The summed E-state index contributed by atoms with van der Waals surface area (Å²) in [6.45, 7) is 0.957. The zero-order valence-corrected chi connectivity index (χ0v) is 14.0. The zero-order chi connectivity index (χ0) is 18.3. The number of carbonyl (C=O) groups is 1. The quantitative estimate of drug-likeness (QED) is 0.739. The van der Waals surface area contributed by atoms with Crippen molar-refractivity contribution in [2.45, 2.75) is 18.8 Å². The Bertz CT molecular complexity index is 977. The van der Waals surface area contributed by atoms with Crippen molar-refractivity contribution in [1.29, 1.82) is 0 Å². The standard InChI is InChI=1S/C19H18F2N4O/c20-14-2-1-3-16-18(14)13(9-23-16)11-4-6-25(7-5-11)19(26)12-8-17(22)24-10-15(12)21/h1-3,8-11,23H,4-7H2,(H2,22,24). The minimum absolute atomic E-state index is 0.0610. The van der Waals surface area contributed by atoms with Crippen LogP contribution in [0.25, 0.3) is 10.9 Å². The Morgan fingerprint density at radius 3 is 2.77 bits per heavy atom. The summed E-state index contributed by atoms with van der Waals surface area (Å²) in [5.41, 5.74) is 7.21. The zero-order valence-electron chi connectivity index (χ0n) is 14.0. The molecule has 2 aromatic heterocycles. The molecule has 5 nitrogen and oxygen atoms in total. The molecule has 0 atom stereocenters. The van der Waals surface area contributed by atoms with Crippen molar-refractivity contribution in [2.75, 3.05) is 18.8 Å². The van der Waals surface area contributed by atoms with E-state index < -0.39 is 5.82 Å². The molecule has 0 unspecified atom stereocenters. The van der Waals surface area contributed by atoms with E-state index in [1.807, 2.05) is 12.3 Å². The number of hydrogen-bond acceptors (Lipinski definition) is 3. The molecule has 3 N–H and O–H groups in total. The van der Waals surface area contributed by atoms with Crippen molar-refractivity contribution in [3.63, 3.8) is 0 Å². The normalized spacial score (nSPS) is 15.5. The van der Waals surface area contributed by atoms with Gasteiger partial charge in [0.2, 0.25) is 0 Å². The van der Waals surface area contributed by atoms with E-state index in [0.717, 1.165) is 17.3 Å². The van der Waals surface area contributed by atoms with Crippen LogP contribution in [0.3, 0.4) is 0 Å². The molecule has 0 bridgehead atoms. The number of H-pyrrole nitrogens is 1. The van der Waals surface area contributed by atoms with Crippen LogP contribution in [-0.4, -0.2) is 33.9 Å². The number of amides is 1. The summed E-state index contributed by atoms with van der Waals surface area (Å²) in [7, 11) is 0. The molecule has 134 valence electrons. The molecular weight excluding hydrogens is 338 g/mol. The lowest BCUT2D eigenvalue weighted by Crippen LogP contribution is -2.38. The number of carbonyl (C=O) groups excluding carboxylic acids is 1. The number of nitrogens with one attached hydrogen (secondary N) is 1. The number of fused-ring (bicyclic) bond motifs is 1. The van der Waals surface area contributed by atoms with Crippen LogP contribution in [0.4, 0.5) is 14.6 Å². The Hall–Kier alpha value is -2.96. The number of likely N-dealkylation sites (tertiary alicyclic amines) is 1. The van der Waals surface area contributed by atoms with Gasteiger partial charge in [-0.1, -0.05) is 6.07 Å². The van der Waals surface area contributed by atoms with Gasteiger partial charge in [0.05, 0.1) is 11.8 Å². The number of nitrogens with two attached hydrogens (primary N) is 1. The third-order valence-electron chi connectivity index (χ3n) is 5.01. The van der Waals surface area contributed by atoms with Gasteiger partial charge in [0.1, 0.15) is 11.6 Å². The second-order valence-corrected chi connectivity index (χ2v) is 6.56. The minimum atomic E-state index is -0.676. The van der Waals surface area contributed by atoms with Crippen LogP contribution in [0, 0.1) is 11.6 Å². The van der Waals surface area contributed by atoms with E-state index in [2.05, 4.69) is 9.97 Å². The van der Waals surface area contributed by atoms with Gasteiger partial charge in [-0.15, -0.1) is 0 Å². The maximum absolute atomic E-state index is 14.2. The number of halogens is 2. The fraction of sp³-hybridized carbons (Fsp3) is 0.263. The summed E-state index contributed by atoms with van der Waals surface area (Å²) in [5, 5.41) is 0.616. The highest BCUT2D eigenvalue weighted by atomic mass is 19.1. The van der Waals surface area contributed by atoms with Crippen LogP contribution >= 0.6 is 0 Å². The third-order valence-corrected chi connectivity index (χ3v) is 5.01. The minimum Gasteiger partial charge on any atom is -0.384 e. The van der Waals surface area contributed by atoms with Crippen molar-refractivity contribution in [3.05, 3.63) is 59.4 Å². The highest BCUT2D eigenvalue weighted by molar-refractivity contribution is 5.95. The van der Waals surface area contributed by atoms with Crippen molar-refractivity contribution in [2.24, 2.45) is 0 Å². The van der Waals surface area contributed by atoms with Gasteiger partial charge in [-0.2, -0.15) is 0 Å². The Morgan fingerprint density at radius 1 is 1.23 bits per heavy atom. The van der Waals surface area contributed by atoms with E-state index in [4.69, 9.17) is 5.73 Å². The van der Waals surface area contributed by atoms with E-state index in [0.29, 0.717) is 31.3 Å². The average molecular weight is 356 g/mol. The second-order valence-electron chi connectivity index (χ2n) is 6.56. The maximum atomic E-state index is 14.2. The van der Waals surface area contributed by atoms with Gasteiger partial charge < -0.3 is 15.6 Å². The number of nitrogen functional groups attached to an aromatic ring is 1. The van der Waals surface area contributed by atoms with E-state index in [1.165, 1.54) is 12.1 Å². The number of hydrogen-bond donors (Lipinski definition) is 2. The van der Waals surface area contributed by atoms with Gasteiger partial charge in [-0.05, 0) is 42.5 Å². The van der Waals surface area contributed by atoms with Gasteiger partial charge in [0.15, 0.2) is 5.82 Å². The number of aromatic nitrogens is 2. The molecule has 0 radical (unpaired) electrons.